The van der Waals surface area contributed by atoms with Crippen LogP contribution in [0.1, 0.15) is 50.9 Å². The van der Waals surface area contributed by atoms with Gasteiger partial charge < -0.3 is 4.57 Å². The molecule has 4 atom stereocenters. The summed E-state index contributed by atoms with van der Waals surface area (Å²) in [5.74, 6) is 2.45. The Morgan fingerprint density at radius 1 is 1.35 bits per heavy atom. The molecule has 0 amide bonds. The van der Waals surface area contributed by atoms with E-state index >= 15 is 0 Å². The highest BCUT2D eigenvalue weighted by molar-refractivity contribution is 9.10. The Balaban J connectivity index is 2.19. The molecule has 0 radical (unpaired) electrons. The molecule has 1 fully saturated rings. The van der Waals surface area contributed by atoms with Gasteiger partial charge in [0.25, 0.3) is 0 Å². The van der Waals surface area contributed by atoms with Crippen LogP contribution >= 0.6 is 27.5 Å². The molecule has 0 saturated heterocycles. The summed E-state index contributed by atoms with van der Waals surface area (Å²) in [7, 11) is 0. The van der Waals surface area contributed by atoms with E-state index in [1.54, 1.807) is 0 Å². The molecule has 1 aromatic carbocycles. The third-order valence-corrected chi connectivity index (χ3v) is 5.48. The van der Waals surface area contributed by atoms with E-state index in [-0.39, 0.29) is 5.38 Å². The van der Waals surface area contributed by atoms with Crippen molar-refractivity contribution in [2.75, 3.05) is 0 Å². The van der Waals surface area contributed by atoms with Gasteiger partial charge in [-0.2, -0.15) is 0 Å². The summed E-state index contributed by atoms with van der Waals surface area (Å²) in [4.78, 5) is 4.78. The summed E-state index contributed by atoms with van der Waals surface area (Å²) in [5.41, 5.74) is 2.25. The first-order chi connectivity index (χ1) is 9.49. The van der Waals surface area contributed by atoms with Crippen molar-refractivity contribution < 1.29 is 0 Å². The van der Waals surface area contributed by atoms with Crippen molar-refractivity contribution in [2.45, 2.75) is 45.0 Å². The Bertz CT molecular complexity index is 635. The lowest BCUT2D eigenvalue weighted by Gasteiger charge is -2.23. The second-order valence-corrected chi connectivity index (χ2v) is 7.64. The Morgan fingerprint density at radius 3 is 2.70 bits per heavy atom. The maximum absolute atomic E-state index is 6.39. The second kappa shape index (κ2) is 5.34. The predicted octanol–water partition coefficient (Wildman–Crippen LogP) is 5.71. The SMILES string of the molecule is CC(Cl)c1nc2cc(Br)ccc2n1C1CCC(C)C1C. The Labute approximate surface area is 133 Å². The van der Waals surface area contributed by atoms with E-state index in [2.05, 4.69) is 52.5 Å². The van der Waals surface area contributed by atoms with Gasteiger partial charge in [0.1, 0.15) is 5.82 Å². The molecular weight excluding hydrogens is 336 g/mol. The van der Waals surface area contributed by atoms with Crippen LogP contribution in [-0.4, -0.2) is 9.55 Å². The largest absolute Gasteiger partial charge is 0.323 e. The highest BCUT2D eigenvalue weighted by Crippen LogP contribution is 2.43. The average Bonchev–Trinajstić information content (AvgIpc) is 2.91. The minimum atomic E-state index is -0.0655. The summed E-state index contributed by atoms with van der Waals surface area (Å²) in [6, 6.07) is 6.85. The molecule has 1 aliphatic rings. The molecule has 4 unspecified atom stereocenters. The first-order valence-electron chi connectivity index (χ1n) is 7.30. The number of fused-ring (bicyclic) bond motifs is 1. The maximum Gasteiger partial charge on any atom is 0.127 e. The van der Waals surface area contributed by atoms with E-state index < -0.39 is 0 Å². The first-order valence-corrected chi connectivity index (χ1v) is 8.53. The molecule has 0 N–H and O–H groups in total. The van der Waals surface area contributed by atoms with Crippen LogP contribution in [0.2, 0.25) is 0 Å². The van der Waals surface area contributed by atoms with Crippen LogP contribution in [0.5, 0.6) is 0 Å². The summed E-state index contributed by atoms with van der Waals surface area (Å²) in [5, 5.41) is -0.0655. The third-order valence-electron chi connectivity index (χ3n) is 4.79. The van der Waals surface area contributed by atoms with E-state index in [1.165, 1.54) is 18.4 Å². The number of rotatable bonds is 2. The average molecular weight is 356 g/mol. The van der Waals surface area contributed by atoms with Crippen molar-refractivity contribution >= 4 is 38.6 Å². The summed E-state index contributed by atoms with van der Waals surface area (Å²) in [6.45, 7) is 6.72. The molecule has 2 nitrogen and oxygen atoms in total. The Hall–Kier alpha value is -0.540. The van der Waals surface area contributed by atoms with Crippen molar-refractivity contribution in [1.82, 2.24) is 9.55 Å². The number of hydrogen-bond acceptors (Lipinski definition) is 1. The van der Waals surface area contributed by atoms with Gasteiger partial charge in [0.15, 0.2) is 0 Å². The lowest BCUT2D eigenvalue weighted by Crippen LogP contribution is -2.17. The number of aromatic nitrogens is 2. The van der Waals surface area contributed by atoms with Crippen molar-refractivity contribution in [3.8, 4) is 0 Å². The van der Waals surface area contributed by atoms with Gasteiger partial charge in [-0.05, 0) is 49.8 Å². The van der Waals surface area contributed by atoms with E-state index in [0.717, 1.165) is 21.7 Å². The molecule has 20 heavy (non-hydrogen) atoms. The fourth-order valence-electron chi connectivity index (χ4n) is 3.42. The van der Waals surface area contributed by atoms with Gasteiger partial charge in [-0.3, -0.25) is 0 Å². The third kappa shape index (κ3) is 2.29. The monoisotopic (exact) mass is 354 g/mol. The number of benzene rings is 1. The van der Waals surface area contributed by atoms with Crippen LogP contribution in [0.25, 0.3) is 11.0 Å². The molecule has 1 aliphatic carbocycles. The number of halogens is 2. The van der Waals surface area contributed by atoms with E-state index in [9.17, 15) is 0 Å². The van der Waals surface area contributed by atoms with Gasteiger partial charge in [0, 0.05) is 10.5 Å². The number of imidazole rings is 1. The molecule has 1 heterocycles. The van der Waals surface area contributed by atoms with Crippen LogP contribution in [-0.2, 0) is 0 Å². The van der Waals surface area contributed by atoms with Gasteiger partial charge in [-0.1, -0.05) is 29.8 Å². The zero-order valence-electron chi connectivity index (χ0n) is 12.1. The molecule has 1 saturated carbocycles. The van der Waals surface area contributed by atoms with E-state index in [0.29, 0.717) is 12.0 Å². The molecule has 4 heteroatoms. The van der Waals surface area contributed by atoms with Crippen LogP contribution < -0.4 is 0 Å². The fourth-order valence-corrected chi connectivity index (χ4v) is 3.93. The van der Waals surface area contributed by atoms with Crippen LogP contribution in [0, 0.1) is 11.8 Å². The quantitative estimate of drug-likeness (QED) is 0.631. The molecular formula is C16H20BrClN2. The zero-order valence-corrected chi connectivity index (χ0v) is 14.4. The van der Waals surface area contributed by atoms with Crippen LogP contribution in [0.15, 0.2) is 22.7 Å². The van der Waals surface area contributed by atoms with Crippen LogP contribution in [0.3, 0.4) is 0 Å². The topological polar surface area (TPSA) is 17.8 Å². The second-order valence-electron chi connectivity index (χ2n) is 6.07. The normalized spacial score (nSPS) is 28.1. The van der Waals surface area contributed by atoms with Gasteiger partial charge in [0.2, 0.25) is 0 Å². The summed E-state index contributed by atoms with van der Waals surface area (Å²) < 4.78 is 3.46. The van der Waals surface area contributed by atoms with Crippen LogP contribution in [0.4, 0.5) is 0 Å². The Morgan fingerprint density at radius 2 is 2.10 bits per heavy atom. The van der Waals surface area contributed by atoms with Gasteiger partial charge >= 0.3 is 0 Å². The molecule has 0 spiro atoms. The van der Waals surface area contributed by atoms with Crippen molar-refractivity contribution in [3.05, 3.63) is 28.5 Å². The molecule has 108 valence electrons. The first kappa shape index (κ1) is 14.4. The number of hydrogen-bond donors (Lipinski definition) is 0. The van der Waals surface area contributed by atoms with Gasteiger partial charge in [0.05, 0.1) is 16.4 Å². The smallest absolute Gasteiger partial charge is 0.127 e. The molecule has 0 aliphatic heterocycles. The van der Waals surface area contributed by atoms with Crippen molar-refractivity contribution in [3.63, 3.8) is 0 Å². The highest BCUT2D eigenvalue weighted by Gasteiger charge is 2.33. The molecule has 3 rings (SSSR count). The van der Waals surface area contributed by atoms with Gasteiger partial charge in [-0.15, -0.1) is 11.6 Å². The number of nitrogens with zero attached hydrogens (tertiary/aromatic N) is 2. The predicted molar refractivity (Wildman–Crippen MR) is 88.3 cm³/mol. The lowest BCUT2D eigenvalue weighted by atomic mass is 9.97. The van der Waals surface area contributed by atoms with Crippen molar-refractivity contribution in [2.24, 2.45) is 11.8 Å². The molecule has 1 aromatic heterocycles. The zero-order chi connectivity index (χ0) is 14.4. The van der Waals surface area contributed by atoms with E-state index in [4.69, 9.17) is 16.6 Å². The number of alkyl halides is 1. The fraction of sp³-hybridized carbons (Fsp3) is 0.562. The maximum atomic E-state index is 6.39. The lowest BCUT2D eigenvalue weighted by molar-refractivity contribution is 0.352. The molecule has 0 bridgehead atoms. The minimum absolute atomic E-state index is 0.0655. The summed E-state index contributed by atoms with van der Waals surface area (Å²) in [6.07, 6.45) is 2.51. The standard InChI is InChI=1S/C16H20BrClN2/c1-9-4-6-14(10(9)2)20-15-7-5-12(17)8-13(15)19-16(20)11(3)18/h5,7-11,14H,4,6H2,1-3H3. The summed E-state index contributed by atoms with van der Waals surface area (Å²) >= 11 is 9.91. The van der Waals surface area contributed by atoms with Crippen molar-refractivity contribution in [1.29, 1.82) is 0 Å². The highest BCUT2D eigenvalue weighted by atomic mass is 79.9. The Kier molecular flexibility index (Phi) is 3.85. The molecule has 2 aromatic rings. The van der Waals surface area contributed by atoms with Gasteiger partial charge in [-0.25, -0.2) is 4.98 Å². The van der Waals surface area contributed by atoms with E-state index in [1.807, 2.05) is 6.92 Å². The minimum Gasteiger partial charge on any atom is -0.323 e.